The van der Waals surface area contributed by atoms with Crippen LogP contribution in [0, 0.1) is 0 Å². The highest BCUT2D eigenvalue weighted by molar-refractivity contribution is 6.80. The maximum Gasteiger partial charge on any atom is 0.309 e. The van der Waals surface area contributed by atoms with Crippen LogP contribution in [0.4, 0.5) is 0 Å². The quantitative estimate of drug-likeness (QED) is 0.498. The number of rotatable bonds is 4. The molecule has 0 aromatic heterocycles. The lowest BCUT2D eigenvalue weighted by atomic mass is 10.4. The number of hydrogen-bond acceptors (Lipinski definition) is 2. The first-order chi connectivity index (χ1) is 5.45. The van der Waals surface area contributed by atoms with E-state index < -0.39 is 8.07 Å². The molecular weight excluding hydrogens is 168 g/mol. The predicted molar refractivity (Wildman–Crippen MR) is 53.7 cm³/mol. The summed E-state index contributed by atoms with van der Waals surface area (Å²) in [6, 6.07) is 0. The van der Waals surface area contributed by atoms with Crippen molar-refractivity contribution in [3.63, 3.8) is 0 Å². The summed E-state index contributed by atoms with van der Waals surface area (Å²) in [5, 5.41) is 0. The van der Waals surface area contributed by atoms with Gasteiger partial charge in [0.15, 0.2) is 0 Å². The summed E-state index contributed by atoms with van der Waals surface area (Å²) in [4.78, 5) is 10.9. The molecule has 0 radical (unpaired) electrons. The Hall–Kier alpha value is -0.573. The number of carbonyl (C=O) groups is 1. The third-order valence-electron chi connectivity index (χ3n) is 1.21. The predicted octanol–water partition coefficient (Wildman–Crippen LogP) is 2.37. The largest absolute Gasteiger partial charge is 0.466 e. The van der Waals surface area contributed by atoms with Crippen LogP contribution < -0.4 is 0 Å². The minimum Gasteiger partial charge on any atom is -0.466 e. The van der Waals surface area contributed by atoms with Gasteiger partial charge in [0.1, 0.15) is 0 Å². The molecule has 0 bridgehead atoms. The van der Waals surface area contributed by atoms with Gasteiger partial charge in [-0.05, 0) is 6.92 Å². The Morgan fingerprint density at radius 2 is 2.00 bits per heavy atom. The molecule has 0 unspecified atom stereocenters. The summed E-state index contributed by atoms with van der Waals surface area (Å²) in [5.74, 6) is -0.132. The van der Waals surface area contributed by atoms with Crippen LogP contribution in [0.25, 0.3) is 0 Å². The van der Waals surface area contributed by atoms with E-state index in [1.165, 1.54) is 0 Å². The average Bonchev–Trinajstić information content (AvgIpc) is 1.84. The van der Waals surface area contributed by atoms with Crippen molar-refractivity contribution in [3.8, 4) is 0 Å². The summed E-state index contributed by atoms with van der Waals surface area (Å²) < 4.78 is 4.78. The fraction of sp³-hybridized carbons (Fsp3) is 0.667. The summed E-state index contributed by atoms with van der Waals surface area (Å²) >= 11 is 0. The van der Waals surface area contributed by atoms with Gasteiger partial charge < -0.3 is 4.74 Å². The van der Waals surface area contributed by atoms with Gasteiger partial charge in [0.05, 0.1) is 21.1 Å². The molecule has 0 saturated heterocycles. The second-order valence-electron chi connectivity index (χ2n) is 3.78. The first-order valence-corrected chi connectivity index (χ1v) is 7.87. The molecule has 0 saturated carbocycles. The zero-order chi connectivity index (χ0) is 9.61. The van der Waals surface area contributed by atoms with Crippen molar-refractivity contribution in [2.75, 3.05) is 6.61 Å². The standard InChI is InChI=1S/C9H18O2Si/c1-5-11-9(10)7-6-8-12(2,3)4/h6,8H,5,7H2,1-4H3/b8-6-. The van der Waals surface area contributed by atoms with Crippen LogP contribution in [0.1, 0.15) is 13.3 Å². The monoisotopic (exact) mass is 186 g/mol. The number of esters is 1. The Morgan fingerprint density at radius 3 is 2.42 bits per heavy atom. The summed E-state index contributed by atoms with van der Waals surface area (Å²) in [6.45, 7) is 8.98. The van der Waals surface area contributed by atoms with Crippen LogP contribution >= 0.6 is 0 Å². The lowest BCUT2D eigenvalue weighted by Gasteiger charge is -2.07. The molecule has 0 spiro atoms. The zero-order valence-corrected chi connectivity index (χ0v) is 9.39. The molecule has 0 aliphatic carbocycles. The van der Waals surface area contributed by atoms with Gasteiger partial charge in [-0.1, -0.05) is 31.4 Å². The molecule has 70 valence electrons. The Kier molecular flexibility index (Phi) is 4.89. The minimum absolute atomic E-state index is 0.132. The Bertz CT molecular complexity index is 168. The molecular formula is C9H18O2Si. The molecule has 3 heteroatoms. The highest BCUT2D eigenvalue weighted by Gasteiger charge is 2.07. The first-order valence-electron chi connectivity index (χ1n) is 4.29. The zero-order valence-electron chi connectivity index (χ0n) is 8.39. The van der Waals surface area contributed by atoms with E-state index in [4.69, 9.17) is 4.74 Å². The molecule has 0 N–H and O–H groups in total. The van der Waals surface area contributed by atoms with Crippen molar-refractivity contribution in [1.82, 2.24) is 0 Å². The van der Waals surface area contributed by atoms with Crippen LogP contribution in [0.5, 0.6) is 0 Å². The molecule has 0 heterocycles. The van der Waals surface area contributed by atoms with Gasteiger partial charge in [0.25, 0.3) is 0 Å². The number of ether oxygens (including phenoxy) is 1. The Labute approximate surface area is 75.6 Å². The van der Waals surface area contributed by atoms with Crippen LogP contribution in [0.15, 0.2) is 11.8 Å². The summed E-state index contributed by atoms with van der Waals surface area (Å²) in [5.41, 5.74) is 2.16. The van der Waals surface area contributed by atoms with Crippen LogP contribution in [-0.2, 0) is 9.53 Å². The van der Waals surface area contributed by atoms with Crippen molar-refractivity contribution in [2.45, 2.75) is 33.0 Å². The number of hydrogen-bond donors (Lipinski definition) is 0. The van der Waals surface area contributed by atoms with Gasteiger partial charge in [0.2, 0.25) is 0 Å². The molecule has 0 fully saturated rings. The Balaban J connectivity index is 3.68. The summed E-state index contributed by atoms with van der Waals surface area (Å²) in [7, 11) is -1.14. The Morgan fingerprint density at radius 1 is 1.42 bits per heavy atom. The molecule has 2 nitrogen and oxygen atoms in total. The third-order valence-corrected chi connectivity index (χ3v) is 2.44. The van der Waals surface area contributed by atoms with E-state index in [0.29, 0.717) is 13.0 Å². The van der Waals surface area contributed by atoms with Crippen molar-refractivity contribution < 1.29 is 9.53 Å². The van der Waals surface area contributed by atoms with Gasteiger partial charge >= 0.3 is 5.97 Å². The highest BCUT2D eigenvalue weighted by Crippen LogP contribution is 2.02. The molecule has 0 aromatic carbocycles. The topological polar surface area (TPSA) is 26.3 Å². The SMILES string of the molecule is CCOC(=O)C/C=C\[Si](C)(C)C. The lowest BCUT2D eigenvalue weighted by molar-refractivity contribution is -0.142. The van der Waals surface area contributed by atoms with Crippen molar-refractivity contribution >= 4 is 14.0 Å². The maximum atomic E-state index is 10.9. The van der Waals surface area contributed by atoms with E-state index in [0.717, 1.165) is 0 Å². The molecule has 0 aliphatic heterocycles. The van der Waals surface area contributed by atoms with E-state index in [1.807, 2.05) is 13.0 Å². The fourth-order valence-corrected chi connectivity index (χ4v) is 1.55. The van der Waals surface area contributed by atoms with E-state index in [2.05, 4.69) is 25.3 Å². The van der Waals surface area contributed by atoms with Gasteiger partial charge in [-0.15, -0.1) is 0 Å². The third kappa shape index (κ3) is 7.53. The molecule has 0 rings (SSSR count). The van der Waals surface area contributed by atoms with E-state index in [-0.39, 0.29) is 5.97 Å². The smallest absolute Gasteiger partial charge is 0.309 e. The minimum atomic E-state index is -1.14. The summed E-state index contributed by atoms with van der Waals surface area (Å²) in [6.07, 6.45) is 2.34. The molecule has 0 aliphatic rings. The van der Waals surface area contributed by atoms with Crippen LogP contribution in [-0.4, -0.2) is 20.7 Å². The number of carbonyl (C=O) groups excluding carboxylic acids is 1. The molecule has 0 atom stereocenters. The second kappa shape index (κ2) is 5.14. The van der Waals surface area contributed by atoms with Gasteiger partial charge in [0, 0.05) is 0 Å². The van der Waals surface area contributed by atoms with Gasteiger partial charge in [-0.25, -0.2) is 0 Å². The average molecular weight is 186 g/mol. The normalized spacial score (nSPS) is 12.0. The van der Waals surface area contributed by atoms with Crippen molar-refractivity contribution in [2.24, 2.45) is 0 Å². The van der Waals surface area contributed by atoms with Crippen LogP contribution in [0.2, 0.25) is 19.6 Å². The maximum absolute atomic E-state index is 10.9. The van der Waals surface area contributed by atoms with E-state index in [9.17, 15) is 4.79 Å². The highest BCUT2D eigenvalue weighted by atomic mass is 28.3. The second-order valence-corrected chi connectivity index (χ2v) is 8.84. The van der Waals surface area contributed by atoms with E-state index >= 15 is 0 Å². The van der Waals surface area contributed by atoms with Gasteiger partial charge in [-0.2, -0.15) is 0 Å². The molecule has 0 aromatic rings. The van der Waals surface area contributed by atoms with Gasteiger partial charge in [-0.3, -0.25) is 4.79 Å². The molecule has 0 amide bonds. The molecule has 12 heavy (non-hydrogen) atoms. The fourth-order valence-electron chi connectivity index (χ4n) is 0.729. The first kappa shape index (κ1) is 11.4. The van der Waals surface area contributed by atoms with E-state index in [1.54, 1.807) is 0 Å². The van der Waals surface area contributed by atoms with Crippen LogP contribution in [0.3, 0.4) is 0 Å². The van der Waals surface area contributed by atoms with Crippen molar-refractivity contribution in [3.05, 3.63) is 11.8 Å². The van der Waals surface area contributed by atoms with Crippen molar-refractivity contribution in [1.29, 1.82) is 0 Å². The lowest BCUT2D eigenvalue weighted by Crippen LogP contribution is -2.15.